The Morgan fingerprint density at radius 3 is 1.90 bits per heavy atom. The molecule has 0 saturated heterocycles. The molecular formula is C7H11Br2N. The van der Waals surface area contributed by atoms with Crippen LogP contribution in [0.25, 0.3) is 0 Å². The minimum absolute atomic E-state index is 1.01. The second-order valence-electron chi connectivity index (χ2n) is 1.61. The molecule has 1 aromatic rings. The fourth-order valence-corrected chi connectivity index (χ4v) is 1.39. The Hall–Kier alpha value is 0.240. The second kappa shape index (κ2) is 4.97. The van der Waals surface area contributed by atoms with E-state index < -0.39 is 0 Å². The topological polar surface area (TPSA) is 15.8 Å². The SMILES string of the molecule is CC.Cc1cc(Br)c(Br)[nH]1. The van der Waals surface area contributed by atoms with Crippen LogP contribution in [0, 0.1) is 6.92 Å². The van der Waals surface area contributed by atoms with E-state index in [1.165, 1.54) is 0 Å². The summed E-state index contributed by atoms with van der Waals surface area (Å²) in [6.07, 6.45) is 0. The largest absolute Gasteiger partial charge is 0.353 e. The maximum atomic E-state index is 3.34. The highest BCUT2D eigenvalue weighted by Crippen LogP contribution is 2.22. The van der Waals surface area contributed by atoms with Gasteiger partial charge in [-0.05, 0) is 44.8 Å². The fourth-order valence-electron chi connectivity index (χ4n) is 0.522. The zero-order chi connectivity index (χ0) is 8.15. The number of rotatable bonds is 0. The third-order valence-electron chi connectivity index (χ3n) is 0.860. The molecule has 1 N–H and O–H groups in total. The maximum absolute atomic E-state index is 3.34. The van der Waals surface area contributed by atoms with Crippen molar-refractivity contribution in [2.75, 3.05) is 0 Å². The summed E-state index contributed by atoms with van der Waals surface area (Å²) in [5.41, 5.74) is 1.16. The fraction of sp³-hybridized carbons (Fsp3) is 0.429. The van der Waals surface area contributed by atoms with Crippen LogP contribution in [0.15, 0.2) is 15.1 Å². The summed E-state index contributed by atoms with van der Waals surface area (Å²) >= 11 is 6.65. The van der Waals surface area contributed by atoms with Crippen molar-refractivity contribution in [3.05, 3.63) is 20.8 Å². The Labute approximate surface area is 78.5 Å². The van der Waals surface area contributed by atoms with Crippen molar-refractivity contribution in [1.82, 2.24) is 4.98 Å². The van der Waals surface area contributed by atoms with Crippen LogP contribution in [0.4, 0.5) is 0 Å². The molecule has 0 aliphatic carbocycles. The second-order valence-corrected chi connectivity index (χ2v) is 3.26. The monoisotopic (exact) mass is 267 g/mol. The highest BCUT2D eigenvalue weighted by atomic mass is 79.9. The first kappa shape index (κ1) is 10.2. The quantitative estimate of drug-likeness (QED) is 0.735. The van der Waals surface area contributed by atoms with Crippen LogP contribution in [0.5, 0.6) is 0 Å². The van der Waals surface area contributed by atoms with Gasteiger partial charge in [0.1, 0.15) is 0 Å². The van der Waals surface area contributed by atoms with Crippen molar-refractivity contribution in [1.29, 1.82) is 0 Å². The molecule has 3 heteroatoms. The Morgan fingerprint density at radius 2 is 1.80 bits per heavy atom. The van der Waals surface area contributed by atoms with E-state index in [-0.39, 0.29) is 0 Å². The normalized spacial score (nSPS) is 8.50. The Morgan fingerprint density at radius 1 is 1.30 bits per heavy atom. The number of hydrogen-bond donors (Lipinski definition) is 1. The van der Waals surface area contributed by atoms with Crippen molar-refractivity contribution in [2.45, 2.75) is 20.8 Å². The van der Waals surface area contributed by atoms with Gasteiger partial charge >= 0.3 is 0 Å². The molecule has 0 spiro atoms. The summed E-state index contributed by atoms with van der Waals surface area (Å²) in [5.74, 6) is 0. The first-order valence-electron chi connectivity index (χ1n) is 3.21. The van der Waals surface area contributed by atoms with E-state index in [1.807, 2.05) is 26.8 Å². The molecule has 0 aliphatic heterocycles. The van der Waals surface area contributed by atoms with Crippen molar-refractivity contribution in [3.63, 3.8) is 0 Å². The maximum Gasteiger partial charge on any atom is 0.0966 e. The molecule has 1 aromatic heterocycles. The Kier molecular flexibility index (Phi) is 5.09. The van der Waals surface area contributed by atoms with E-state index in [4.69, 9.17) is 0 Å². The summed E-state index contributed by atoms with van der Waals surface area (Å²) < 4.78 is 2.09. The predicted octanol–water partition coefficient (Wildman–Crippen LogP) is 3.87. The van der Waals surface area contributed by atoms with Gasteiger partial charge in [0.15, 0.2) is 0 Å². The van der Waals surface area contributed by atoms with Crippen molar-refractivity contribution < 1.29 is 0 Å². The number of hydrogen-bond acceptors (Lipinski definition) is 0. The lowest BCUT2D eigenvalue weighted by Crippen LogP contribution is -1.63. The average molecular weight is 269 g/mol. The number of halogens is 2. The summed E-state index contributed by atoms with van der Waals surface area (Å²) in [7, 11) is 0. The number of aromatic nitrogens is 1. The molecule has 0 bridgehead atoms. The molecule has 0 fully saturated rings. The standard InChI is InChI=1S/C5H5Br2N.C2H6/c1-3-2-4(6)5(7)8-3;1-2/h2,8H,1H3;1-2H3. The van der Waals surface area contributed by atoms with Gasteiger partial charge in [-0.25, -0.2) is 0 Å². The number of aryl methyl sites for hydroxylation is 1. The van der Waals surface area contributed by atoms with E-state index in [1.54, 1.807) is 0 Å². The predicted molar refractivity (Wildman–Crippen MR) is 52.3 cm³/mol. The summed E-state index contributed by atoms with van der Waals surface area (Å²) in [5, 5.41) is 0. The number of H-pyrrole nitrogens is 1. The first-order chi connectivity index (χ1) is 4.70. The van der Waals surface area contributed by atoms with Crippen LogP contribution >= 0.6 is 31.9 Å². The Balaban J connectivity index is 0.000000371. The molecule has 1 nitrogen and oxygen atoms in total. The molecule has 1 rings (SSSR count). The third-order valence-corrected chi connectivity index (χ3v) is 2.64. The molecule has 0 amide bonds. The number of nitrogens with one attached hydrogen (secondary N) is 1. The van der Waals surface area contributed by atoms with Gasteiger partial charge in [-0.3, -0.25) is 0 Å². The smallest absolute Gasteiger partial charge is 0.0966 e. The van der Waals surface area contributed by atoms with Crippen LogP contribution < -0.4 is 0 Å². The summed E-state index contributed by atoms with van der Waals surface area (Å²) in [4.78, 5) is 3.08. The molecule has 0 aliphatic rings. The van der Waals surface area contributed by atoms with Gasteiger partial charge in [0.25, 0.3) is 0 Å². The third kappa shape index (κ3) is 2.88. The van der Waals surface area contributed by atoms with E-state index in [0.29, 0.717) is 0 Å². The van der Waals surface area contributed by atoms with Crippen LogP contribution in [0.3, 0.4) is 0 Å². The highest BCUT2D eigenvalue weighted by molar-refractivity contribution is 9.13. The first-order valence-corrected chi connectivity index (χ1v) is 4.79. The minimum Gasteiger partial charge on any atom is -0.353 e. The van der Waals surface area contributed by atoms with Gasteiger partial charge in [0.05, 0.1) is 4.60 Å². The van der Waals surface area contributed by atoms with Crippen LogP contribution in [-0.2, 0) is 0 Å². The van der Waals surface area contributed by atoms with Gasteiger partial charge < -0.3 is 4.98 Å². The molecular weight excluding hydrogens is 258 g/mol. The van der Waals surface area contributed by atoms with Crippen molar-refractivity contribution in [2.24, 2.45) is 0 Å². The van der Waals surface area contributed by atoms with E-state index in [0.717, 1.165) is 14.8 Å². The van der Waals surface area contributed by atoms with E-state index in [2.05, 4.69) is 36.8 Å². The summed E-state index contributed by atoms with van der Waals surface area (Å²) in [6.45, 7) is 6.01. The lowest BCUT2D eigenvalue weighted by atomic mass is 10.5. The molecule has 0 atom stereocenters. The molecule has 10 heavy (non-hydrogen) atoms. The van der Waals surface area contributed by atoms with Crippen molar-refractivity contribution >= 4 is 31.9 Å². The molecule has 0 aromatic carbocycles. The molecule has 1 heterocycles. The van der Waals surface area contributed by atoms with Gasteiger partial charge in [-0.2, -0.15) is 0 Å². The molecule has 0 unspecified atom stereocenters. The van der Waals surface area contributed by atoms with Gasteiger partial charge in [-0.1, -0.05) is 13.8 Å². The average Bonchev–Trinajstić information content (AvgIpc) is 2.16. The van der Waals surface area contributed by atoms with Crippen LogP contribution in [-0.4, -0.2) is 4.98 Å². The lowest BCUT2D eigenvalue weighted by Gasteiger charge is -1.77. The zero-order valence-corrected chi connectivity index (χ0v) is 9.51. The van der Waals surface area contributed by atoms with E-state index in [9.17, 15) is 0 Å². The highest BCUT2D eigenvalue weighted by Gasteiger charge is 1.95. The number of aromatic amines is 1. The van der Waals surface area contributed by atoms with Gasteiger partial charge in [-0.15, -0.1) is 0 Å². The summed E-state index contributed by atoms with van der Waals surface area (Å²) in [6, 6.07) is 2.02. The zero-order valence-electron chi connectivity index (χ0n) is 6.33. The van der Waals surface area contributed by atoms with Crippen molar-refractivity contribution in [3.8, 4) is 0 Å². The minimum atomic E-state index is 1.01. The molecule has 58 valence electrons. The molecule has 0 saturated carbocycles. The van der Waals surface area contributed by atoms with Gasteiger partial charge in [0.2, 0.25) is 0 Å². The van der Waals surface area contributed by atoms with Crippen LogP contribution in [0.2, 0.25) is 0 Å². The van der Waals surface area contributed by atoms with Gasteiger partial charge in [0, 0.05) is 10.2 Å². The van der Waals surface area contributed by atoms with E-state index >= 15 is 0 Å². The lowest BCUT2D eigenvalue weighted by molar-refractivity contribution is 1.24. The Bertz CT molecular complexity index is 174. The molecule has 0 radical (unpaired) electrons. The van der Waals surface area contributed by atoms with Crippen LogP contribution in [0.1, 0.15) is 19.5 Å².